The molecule has 1 unspecified atom stereocenters. The number of aromatic nitrogens is 3. The number of hydrogen-bond acceptors (Lipinski definition) is 7. The van der Waals surface area contributed by atoms with Crippen LogP contribution in [-0.4, -0.2) is 46.3 Å². The molecule has 1 N–H and O–H groups in total. The van der Waals surface area contributed by atoms with Crippen molar-refractivity contribution < 1.29 is 13.7 Å². The normalized spacial score (nSPS) is 12.9. The van der Waals surface area contributed by atoms with Crippen molar-refractivity contribution >= 4 is 32.8 Å². The lowest BCUT2D eigenvalue weighted by Crippen LogP contribution is -2.07. The second kappa shape index (κ2) is 9.52. The Bertz CT molecular complexity index is 1490. The van der Waals surface area contributed by atoms with Gasteiger partial charge in [0.1, 0.15) is 11.0 Å². The first-order chi connectivity index (χ1) is 16.3. The van der Waals surface area contributed by atoms with Crippen LogP contribution in [0, 0.1) is 6.92 Å². The first-order valence-corrected chi connectivity index (χ1v) is 12.8. The zero-order valence-corrected chi connectivity index (χ0v) is 21.2. The number of methoxy groups -OCH3 is 2. The Morgan fingerprint density at radius 2 is 1.88 bits per heavy atom. The van der Waals surface area contributed by atoms with E-state index in [1.54, 1.807) is 38.1 Å². The lowest BCUT2D eigenvalue weighted by Gasteiger charge is -2.11. The standard InChI is InChI=1S/C24H26ClN5O3S/c1-15-23(17-9-10-19(32-3)20(12-17)33-4)24-28-21(25)13-22(30(24)29-15)27-14-16-7-6-8-18(11-16)34(5,31)26-2/h6-13,27H,14H2,1-5H3. The molecular weight excluding hydrogens is 474 g/mol. The largest absolute Gasteiger partial charge is 0.493 e. The van der Waals surface area contributed by atoms with Gasteiger partial charge in [0.05, 0.1) is 29.6 Å². The molecule has 0 saturated carbocycles. The molecule has 4 rings (SSSR count). The molecule has 4 aromatic rings. The SMILES string of the molecule is CN=S(C)(=O)c1cccc(CNc2cc(Cl)nc3c(-c4ccc(OC)c(OC)c4)c(C)nn23)c1. The monoisotopic (exact) mass is 499 g/mol. The minimum atomic E-state index is -2.41. The summed E-state index contributed by atoms with van der Waals surface area (Å²) < 4.78 is 29.2. The fraction of sp³-hybridized carbons (Fsp3) is 0.250. The zero-order chi connectivity index (χ0) is 24.5. The zero-order valence-electron chi connectivity index (χ0n) is 19.6. The number of halogens is 1. The Hall–Kier alpha value is -3.30. The molecule has 0 spiro atoms. The molecule has 0 amide bonds. The molecule has 8 nitrogen and oxygen atoms in total. The highest BCUT2D eigenvalue weighted by molar-refractivity contribution is 7.93. The van der Waals surface area contributed by atoms with Crippen LogP contribution in [0.2, 0.25) is 5.15 Å². The quantitative estimate of drug-likeness (QED) is 0.357. The summed E-state index contributed by atoms with van der Waals surface area (Å²) in [6.07, 6.45) is 1.63. The number of rotatable bonds is 7. The summed E-state index contributed by atoms with van der Waals surface area (Å²) in [4.78, 5) is 5.24. The van der Waals surface area contributed by atoms with Crippen LogP contribution in [-0.2, 0) is 16.3 Å². The van der Waals surface area contributed by atoms with Gasteiger partial charge in [-0.25, -0.2) is 13.6 Å². The van der Waals surface area contributed by atoms with E-state index in [0.717, 1.165) is 22.4 Å². The number of nitrogens with zero attached hydrogens (tertiary/aromatic N) is 4. The van der Waals surface area contributed by atoms with E-state index >= 15 is 0 Å². The lowest BCUT2D eigenvalue weighted by atomic mass is 10.1. The molecule has 1 atom stereocenters. The molecule has 178 valence electrons. The van der Waals surface area contributed by atoms with Crippen LogP contribution < -0.4 is 14.8 Å². The molecule has 0 bridgehead atoms. The van der Waals surface area contributed by atoms with E-state index in [9.17, 15) is 4.21 Å². The Morgan fingerprint density at radius 1 is 1.12 bits per heavy atom. The summed E-state index contributed by atoms with van der Waals surface area (Å²) in [5.41, 5.74) is 4.11. The van der Waals surface area contributed by atoms with Crippen molar-refractivity contribution in [2.24, 2.45) is 4.36 Å². The van der Waals surface area contributed by atoms with Crippen molar-refractivity contribution in [3.05, 3.63) is 64.9 Å². The number of benzene rings is 2. The first kappa shape index (κ1) is 23.8. The molecule has 34 heavy (non-hydrogen) atoms. The molecule has 0 aliphatic rings. The molecule has 2 aromatic heterocycles. The number of aryl methyl sites for hydroxylation is 1. The maximum absolute atomic E-state index is 12.6. The first-order valence-electron chi connectivity index (χ1n) is 10.5. The smallest absolute Gasteiger partial charge is 0.167 e. The van der Waals surface area contributed by atoms with Gasteiger partial charge >= 0.3 is 0 Å². The highest BCUT2D eigenvalue weighted by atomic mass is 35.5. The maximum Gasteiger partial charge on any atom is 0.167 e. The van der Waals surface area contributed by atoms with E-state index in [1.807, 2.05) is 49.4 Å². The average molecular weight is 500 g/mol. The minimum Gasteiger partial charge on any atom is -0.493 e. The van der Waals surface area contributed by atoms with Crippen LogP contribution in [0.3, 0.4) is 0 Å². The van der Waals surface area contributed by atoms with Gasteiger partial charge in [0.15, 0.2) is 17.1 Å². The maximum atomic E-state index is 12.6. The van der Waals surface area contributed by atoms with Crippen molar-refractivity contribution in [1.29, 1.82) is 0 Å². The van der Waals surface area contributed by atoms with E-state index < -0.39 is 9.73 Å². The third-order valence-corrected chi connectivity index (χ3v) is 7.58. The van der Waals surface area contributed by atoms with E-state index in [4.69, 9.17) is 26.2 Å². The van der Waals surface area contributed by atoms with Gasteiger partial charge in [-0.05, 0) is 42.3 Å². The minimum absolute atomic E-state index is 0.340. The van der Waals surface area contributed by atoms with Crippen molar-refractivity contribution in [2.75, 3.05) is 32.8 Å². The fourth-order valence-electron chi connectivity index (χ4n) is 3.74. The molecule has 10 heteroatoms. The van der Waals surface area contributed by atoms with Crippen LogP contribution in [0.15, 0.2) is 57.8 Å². The Kier molecular flexibility index (Phi) is 6.67. The molecule has 2 aromatic carbocycles. The van der Waals surface area contributed by atoms with E-state index in [-0.39, 0.29) is 0 Å². The van der Waals surface area contributed by atoms with Gasteiger partial charge in [-0.15, -0.1) is 0 Å². The average Bonchev–Trinajstić information content (AvgIpc) is 3.17. The topological polar surface area (TPSA) is 90.1 Å². The van der Waals surface area contributed by atoms with Gasteiger partial charge in [0.25, 0.3) is 0 Å². The Balaban J connectivity index is 1.73. The number of ether oxygens (including phenoxy) is 2. The molecule has 2 heterocycles. The summed E-state index contributed by atoms with van der Waals surface area (Å²) in [5, 5.41) is 8.43. The predicted molar refractivity (Wildman–Crippen MR) is 136 cm³/mol. The van der Waals surface area contributed by atoms with Gasteiger partial charge in [-0.2, -0.15) is 9.61 Å². The van der Waals surface area contributed by atoms with Gasteiger partial charge in [-0.1, -0.05) is 29.8 Å². The van der Waals surface area contributed by atoms with Crippen LogP contribution in [0.4, 0.5) is 5.82 Å². The fourth-order valence-corrected chi connectivity index (χ4v) is 4.83. The molecule has 0 radical (unpaired) electrons. The van der Waals surface area contributed by atoms with Crippen LogP contribution in [0.25, 0.3) is 16.8 Å². The number of anilines is 1. The van der Waals surface area contributed by atoms with E-state index in [1.165, 1.54) is 0 Å². The second-order valence-corrected chi connectivity index (χ2v) is 10.5. The summed E-state index contributed by atoms with van der Waals surface area (Å²) in [6, 6.07) is 15.0. The highest BCUT2D eigenvalue weighted by Crippen LogP contribution is 2.36. The third kappa shape index (κ3) is 4.53. The molecule has 0 aliphatic heterocycles. The number of hydrogen-bond donors (Lipinski definition) is 1. The third-order valence-electron chi connectivity index (χ3n) is 5.56. The Labute approximate surface area is 204 Å². The summed E-state index contributed by atoms with van der Waals surface area (Å²) in [7, 11) is 2.36. The summed E-state index contributed by atoms with van der Waals surface area (Å²) >= 11 is 6.40. The molecular formula is C24H26ClN5O3S. The van der Waals surface area contributed by atoms with E-state index in [2.05, 4.69) is 14.7 Å². The summed E-state index contributed by atoms with van der Waals surface area (Å²) in [5.74, 6) is 1.95. The van der Waals surface area contributed by atoms with Gasteiger partial charge < -0.3 is 14.8 Å². The molecule has 0 aliphatic carbocycles. The number of nitrogens with one attached hydrogen (secondary N) is 1. The molecule has 0 fully saturated rings. The summed E-state index contributed by atoms with van der Waals surface area (Å²) in [6.45, 7) is 2.40. The van der Waals surface area contributed by atoms with Gasteiger partial charge in [-0.3, -0.25) is 0 Å². The molecule has 0 saturated heterocycles. The van der Waals surface area contributed by atoms with Crippen molar-refractivity contribution in [1.82, 2.24) is 14.6 Å². The Morgan fingerprint density at radius 3 is 2.59 bits per heavy atom. The van der Waals surface area contributed by atoms with E-state index in [0.29, 0.717) is 39.6 Å². The van der Waals surface area contributed by atoms with Crippen molar-refractivity contribution in [3.8, 4) is 22.6 Å². The number of fused-ring (bicyclic) bond motifs is 1. The second-order valence-electron chi connectivity index (χ2n) is 7.72. The van der Waals surface area contributed by atoms with Crippen LogP contribution in [0.5, 0.6) is 11.5 Å². The lowest BCUT2D eigenvalue weighted by molar-refractivity contribution is 0.355. The van der Waals surface area contributed by atoms with Crippen molar-refractivity contribution in [2.45, 2.75) is 18.4 Å². The van der Waals surface area contributed by atoms with Gasteiger partial charge in [0.2, 0.25) is 0 Å². The van der Waals surface area contributed by atoms with Crippen molar-refractivity contribution in [3.63, 3.8) is 0 Å². The predicted octanol–water partition coefficient (Wildman–Crippen LogP) is 5.07. The van der Waals surface area contributed by atoms with Crippen LogP contribution >= 0.6 is 11.6 Å². The van der Waals surface area contributed by atoms with Gasteiger partial charge in [0, 0.05) is 36.4 Å². The van der Waals surface area contributed by atoms with Crippen LogP contribution in [0.1, 0.15) is 11.3 Å². The highest BCUT2D eigenvalue weighted by Gasteiger charge is 2.18.